The van der Waals surface area contributed by atoms with Crippen molar-refractivity contribution in [1.29, 1.82) is 0 Å². The number of hydrogen-bond acceptors (Lipinski definition) is 1. The molecule has 1 nitrogen and oxygen atoms in total. The van der Waals surface area contributed by atoms with Crippen molar-refractivity contribution in [3.63, 3.8) is 0 Å². The van der Waals surface area contributed by atoms with Crippen LogP contribution in [0.1, 0.15) is 11.1 Å². The number of aryl methyl sites for hydroxylation is 2. The molecule has 1 aromatic carbocycles. The Kier molecular flexibility index (Phi) is 1.25. The molecule has 11 heavy (non-hydrogen) atoms. The van der Waals surface area contributed by atoms with Gasteiger partial charge in [0.2, 0.25) is 0 Å². The fraction of sp³-hybridized carbons (Fsp3) is 0.200. The Labute approximate surface area is 65.6 Å². The quantitative estimate of drug-likeness (QED) is 0.556. The highest BCUT2D eigenvalue weighted by atomic mass is 16.3. The van der Waals surface area contributed by atoms with Crippen LogP contribution in [0.2, 0.25) is 0 Å². The lowest BCUT2D eigenvalue weighted by Gasteiger charge is -1.96. The first kappa shape index (κ1) is 6.47. The van der Waals surface area contributed by atoms with Gasteiger partial charge in [0.25, 0.3) is 0 Å². The van der Waals surface area contributed by atoms with Crippen molar-refractivity contribution in [2.75, 3.05) is 0 Å². The van der Waals surface area contributed by atoms with E-state index in [9.17, 15) is 0 Å². The molecule has 0 amide bonds. The summed E-state index contributed by atoms with van der Waals surface area (Å²) in [6, 6.07) is 4.30. The summed E-state index contributed by atoms with van der Waals surface area (Å²) in [5.41, 5.74) is 2.57. The van der Waals surface area contributed by atoms with Crippen molar-refractivity contribution in [3.05, 3.63) is 35.8 Å². The topological polar surface area (TPSA) is 13.1 Å². The van der Waals surface area contributed by atoms with E-state index in [2.05, 4.69) is 26.0 Å². The van der Waals surface area contributed by atoms with Gasteiger partial charge >= 0.3 is 0 Å². The van der Waals surface area contributed by atoms with Crippen LogP contribution < -0.4 is 0 Å². The van der Waals surface area contributed by atoms with E-state index in [1.54, 1.807) is 12.5 Å². The van der Waals surface area contributed by atoms with Crippen molar-refractivity contribution in [2.45, 2.75) is 13.8 Å². The molecule has 56 valence electrons. The van der Waals surface area contributed by atoms with E-state index in [1.807, 2.05) is 0 Å². The molecule has 0 aliphatic rings. The highest BCUT2D eigenvalue weighted by Crippen LogP contribution is 2.20. The zero-order chi connectivity index (χ0) is 7.84. The molecule has 2 aromatic rings. The summed E-state index contributed by atoms with van der Waals surface area (Å²) in [7, 11) is 0. The molecule has 0 saturated heterocycles. The van der Waals surface area contributed by atoms with Gasteiger partial charge in [0.15, 0.2) is 0 Å². The summed E-state index contributed by atoms with van der Waals surface area (Å²) in [4.78, 5) is 0. The lowest BCUT2D eigenvalue weighted by Crippen LogP contribution is -1.76. The van der Waals surface area contributed by atoms with Gasteiger partial charge in [-0.15, -0.1) is 0 Å². The number of hydrogen-bond donors (Lipinski definition) is 0. The van der Waals surface area contributed by atoms with Gasteiger partial charge in [-0.2, -0.15) is 0 Å². The van der Waals surface area contributed by atoms with Crippen LogP contribution in [0.4, 0.5) is 0 Å². The summed E-state index contributed by atoms with van der Waals surface area (Å²) < 4.78 is 5.10. The van der Waals surface area contributed by atoms with Crippen molar-refractivity contribution in [3.8, 4) is 0 Å². The molecule has 0 unspecified atom stereocenters. The predicted octanol–water partition coefficient (Wildman–Crippen LogP) is 3.05. The Morgan fingerprint density at radius 3 is 2.73 bits per heavy atom. The van der Waals surface area contributed by atoms with Crippen LogP contribution in [0.3, 0.4) is 0 Å². The van der Waals surface area contributed by atoms with Crippen LogP contribution in [0.15, 0.2) is 29.1 Å². The molecule has 0 saturated carbocycles. The maximum absolute atomic E-state index is 5.10. The Bertz CT molecular complexity index is 385. The average molecular weight is 146 g/mol. The van der Waals surface area contributed by atoms with E-state index >= 15 is 0 Å². The van der Waals surface area contributed by atoms with Gasteiger partial charge in [-0.1, -0.05) is 11.6 Å². The van der Waals surface area contributed by atoms with E-state index in [4.69, 9.17) is 4.42 Å². The summed E-state index contributed by atoms with van der Waals surface area (Å²) in [5.74, 6) is 0. The van der Waals surface area contributed by atoms with Crippen LogP contribution in [-0.2, 0) is 0 Å². The fourth-order valence-electron chi connectivity index (χ4n) is 1.45. The fourth-order valence-corrected chi connectivity index (χ4v) is 1.45. The molecule has 0 aliphatic heterocycles. The average Bonchev–Trinajstić information content (AvgIpc) is 2.34. The second-order valence-corrected chi connectivity index (χ2v) is 2.96. The van der Waals surface area contributed by atoms with Crippen LogP contribution in [0.5, 0.6) is 0 Å². The summed E-state index contributed by atoms with van der Waals surface area (Å²) >= 11 is 0. The lowest BCUT2D eigenvalue weighted by atomic mass is 10.1. The van der Waals surface area contributed by atoms with Crippen LogP contribution in [-0.4, -0.2) is 0 Å². The van der Waals surface area contributed by atoms with E-state index in [-0.39, 0.29) is 0 Å². The van der Waals surface area contributed by atoms with Gasteiger partial charge in [0, 0.05) is 10.8 Å². The minimum absolute atomic E-state index is 1.20. The zero-order valence-electron chi connectivity index (χ0n) is 6.72. The molecule has 0 bridgehead atoms. The van der Waals surface area contributed by atoms with Crippen LogP contribution in [0.25, 0.3) is 10.8 Å². The minimum atomic E-state index is 1.20. The molecule has 0 fully saturated rings. The maximum atomic E-state index is 5.10. The lowest BCUT2D eigenvalue weighted by molar-refractivity contribution is 0.572. The molecule has 2 rings (SSSR count). The second kappa shape index (κ2) is 2.12. The van der Waals surface area contributed by atoms with Gasteiger partial charge in [-0.05, 0) is 25.5 Å². The standard InChI is InChI=1S/C10H10O/c1-7-3-8(2)10-6-11-5-9(10)4-7/h3-6H,1-2H3. The number of benzene rings is 1. The number of furan rings is 1. The number of fused-ring (bicyclic) bond motifs is 1. The van der Waals surface area contributed by atoms with Crippen molar-refractivity contribution in [2.24, 2.45) is 0 Å². The molecule has 0 spiro atoms. The first-order chi connectivity index (χ1) is 5.27. The Balaban J connectivity index is 2.91. The van der Waals surface area contributed by atoms with Gasteiger partial charge in [0.05, 0.1) is 12.5 Å². The summed E-state index contributed by atoms with van der Waals surface area (Å²) in [6.07, 6.45) is 3.58. The second-order valence-electron chi connectivity index (χ2n) is 2.96. The van der Waals surface area contributed by atoms with Crippen molar-refractivity contribution >= 4 is 10.8 Å². The molecule has 1 aromatic heterocycles. The smallest absolute Gasteiger partial charge is 0.0983 e. The normalized spacial score (nSPS) is 10.7. The molecule has 0 aliphatic carbocycles. The highest BCUT2D eigenvalue weighted by molar-refractivity contribution is 5.84. The summed E-state index contributed by atoms with van der Waals surface area (Å²) in [6.45, 7) is 4.20. The van der Waals surface area contributed by atoms with Gasteiger partial charge in [-0.3, -0.25) is 0 Å². The first-order valence-electron chi connectivity index (χ1n) is 3.70. The monoisotopic (exact) mass is 146 g/mol. The first-order valence-corrected chi connectivity index (χ1v) is 3.70. The molecule has 0 radical (unpaired) electrons. The summed E-state index contributed by atoms with van der Waals surface area (Å²) in [5, 5.41) is 2.41. The predicted molar refractivity (Wildman–Crippen MR) is 45.7 cm³/mol. The van der Waals surface area contributed by atoms with Gasteiger partial charge in [0.1, 0.15) is 0 Å². The molecule has 1 heteroatoms. The van der Waals surface area contributed by atoms with Gasteiger partial charge in [-0.25, -0.2) is 0 Å². The van der Waals surface area contributed by atoms with Crippen LogP contribution >= 0.6 is 0 Å². The maximum Gasteiger partial charge on any atom is 0.0983 e. The molecular formula is C10H10O. The minimum Gasteiger partial charge on any atom is -0.471 e. The van der Waals surface area contributed by atoms with E-state index < -0.39 is 0 Å². The third-order valence-corrected chi connectivity index (χ3v) is 1.94. The van der Waals surface area contributed by atoms with Crippen LogP contribution in [0, 0.1) is 13.8 Å². The van der Waals surface area contributed by atoms with Crippen molar-refractivity contribution < 1.29 is 4.42 Å². The van der Waals surface area contributed by atoms with E-state index in [1.165, 1.54) is 21.9 Å². The van der Waals surface area contributed by atoms with E-state index in [0.717, 1.165) is 0 Å². The Hall–Kier alpha value is -1.24. The number of rotatable bonds is 0. The molecule has 0 atom stereocenters. The molecule has 1 heterocycles. The third-order valence-electron chi connectivity index (χ3n) is 1.94. The van der Waals surface area contributed by atoms with Gasteiger partial charge < -0.3 is 4.42 Å². The molecular weight excluding hydrogens is 136 g/mol. The SMILES string of the molecule is Cc1cc(C)c2cocc2c1. The largest absolute Gasteiger partial charge is 0.471 e. The van der Waals surface area contributed by atoms with Crippen molar-refractivity contribution in [1.82, 2.24) is 0 Å². The van der Waals surface area contributed by atoms with E-state index in [0.29, 0.717) is 0 Å². The Morgan fingerprint density at radius 2 is 1.91 bits per heavy atom. The highest BCUT2D eigenvalue weighted by Gasteiger charge is 1.98. The molecule has 0 N–H and O–H groups in total. The third kappa shape index (κ3) is 0.929. The zero-order valence-corrected chi connectivity index (χ0v) is 6.72. The Morgan fingerprint density at radius 1 is 1.09 bits per heavy atom.